The van der Waals surface area contributed by atoms with Gasteiger partial charge >= 0.3 is 0 Å². The molecule has 1 aromatic heterocycles. The molecule has 2 heterocycles. The number of carbonyl (C=O) groups excluding carboxylic acids is 1. The van der Waals surface area contributed by atoms with Gasteiger partial charge in [0.15, 0.2) is 0 Å². The van der Waals surface area contributed by atoms with Gasteiger partial charge in [0.1, 0.15) is 0 Å². The second-order valence-corrected chi connectivity index (χ2v) is 6.24. The Morgan fingerprint density at radius 3 is 2.75 bits per heavy atom. The summed E-state index contributed by atoms with van der Waals surface area (Å²) in [6.45, 7) is 2.42. The number of hydrogen-bond acceptors (Lipinski definition) is 3. The molecule has 1 N–H and O–H groups in total. The van der Waals surface area contributed by atoms with Crippen LogP contribution in [0, 0.1) is 0 Å². The first kappa shape index (κ1) is 14.9. The Bertz CT molecular complexity index is 869. The van der Waals surface area contributed by atoms with Crippen LogP contribution in [0.3, 0.4) is 0 Å². The number of imidazole rings is 1. The highest BCUT2D eigenvalue weighted by Gasteiger charge is 2.22. The van der Waals surface area contributed by atoms with Crippen LogP contribution in [0.15, 0.2) is 48.8 Å². The number of hydrogen-bond donors (Lipinski definition) is 1. The first-order chi connectivity index (χ1) is 11.8. The Labute approximate surface area is 140 Å². The van der Waals surface area contributed by atoms with E-state index in [4.69, 9.17) is 0 Å². The maximum Gasteiger partial charge on any atom is 0.210 e. The highest BCUT2D eigenvalue weighted by atomic mass is 16.1. The monoisotopic (exact) mass is 320 g/mol. The van der Waals surface area contributed by atoms with Crippen molar-refractivity contribution in [2.45, 2.75) is 6.04 Å². The summed E-state index contributed by atoms with van der Waals surface area (Å²) in [5, 5.41) is 3.36. The predicted octanol–water partition coefficient (Wildman–Crippen LogP) is 2.34. The third-order valence-electron chi connectivity index (χ3n) is 4.77. The smallest absolute Gasteiger partial charge is 0.210 e. The van der Waals surface area contributed by atoms with Crippen LogP contribution in [0.2, 0.25) is 0 Å². The first-order valence-electron chi connectivity index (χ1n) is 8.19. The van der Waals surface area contributed by atoms with Crippen molar-refractivity contribution in [3.63, 3.8) is 0 Å². The fourth-order valence-corrected chi connectivity index (χ4v) is 3.37. The number of benzene rings is 2. The lowest BCUT2D eigenvalue weighted by molar-refractivity contribution is -0.121. The Hall–Kier alpha value is -2.66. The minimum Gasteiger partial charge on any atom is -0.336 e. The van der Waals surface area contributed by atoms with E-state index in [0.717, 1.165) is 53.8 Å². The Morgan fingerprint density at radius 1 is 1.17 bits per heavy atom. The normalized spacial score (nSPS) is 18.0. The van der Waals surface area contributed by atoms with Crippen molar-refractivity contribution >= 4 is 17.4 Å². The molecule has 2 aromatic carbocycles. The molecule has 1 aliphatic heterocycles. The molecule has 0 bridgehead atoms. The van der Waals surface area contributed by atoms with Gasteiger partial charge in [-0.15, -0.1) is 0 Å². The molecule has 1 amide bonds. The maximum atomic E-state index is 11.2. The number of nitrogens with one attached hydrogen (secondary N) is 1. The minimum absolute atomic E-state index is 0.114. The van der Waals surface area contributed by atoms with Gasteiger partial charge in [-0.3, -0.25) is 4.79 Å². The minimum atomic E-state index is 0.114. The molecule has 0 saturated carbocycles. The molecule has 1 unspecified atom stereocenters. The zero-order chi connectivity index (χ0) is 16.5. The molecule has 1 aliphatic rings. The van der Waals surface area contributed by atoms with E-state index >= 15 is 0 Å². The SMILES string of the molecule is Cn1cnc2cc(-c3ccc(C4CNCCN4C=O)cc3)ccc21. The van der Waals surface area contributed by atoms with Gasteiger partial charge in [0.05, 0.1) is 23.4 Å². The van der Waals surface area contributed by atoms with Gasteiger partial charge in [-0.2, -0.15) is 0 Å². The van der Waals surface area contributed by atoms with Crippen molar-refractivity contribution in [3.8, 4) is 11.1 Å². The summed E-state index contributed by atoms with van der Waals surface area (Å²) in [6.07, 6.45) is 2.79. The van der Waals surface area contributed by atoms with E-state index in [1.54, 1.807) is 0 Å². The summed E-state index contributed by atoms with van der Waals surface area (Å²) in [7, 11) is 2.00. The van der Waals surface area contributed by atoms with Gasteiger partial charge in [-0.25, -0.2) is 4.98 Å². The zero-order valence-electron chi connectivity index (χ0n) is 13.6. The summed E-state index contributed by atoms with van der Waals surface area (Å²) in [6, 6.07) is 14.9. The van der Waals surface area contributed by atoms with E-state index in [1.165, 1.54) is 0 Å². The molecule has 0 aliphatic carbocycles. The number of aryl methyl sites for hydroxylation is 1. The number of rotatable bonds is 3. The van der Waals surface area contributed by atoms with Gasteiger partial charge in [0.25, 0.3) is 0 Å². The molecule has 122 valence electrons. The number of amides is 1. The summed E-state index contributed by atoms with van der Waals surface area (Å²) < 4.78 is 2.02. The first-order valence-corrected chi connectivity index (χ1v) is 8.19. The van der Waals surface area contributed by atoms with E-state index in [2.05, 4.69) is 52.8 Å². The molecule has 24 heavy (non-hydrogen) atoms. The molecule has 5 nitrogen and oxygen atoms in total. The fraction of sp³-hybridized carbons (Fsp3) is 0.263. The van der Waals surface area contributed by atoms with Crippen LogP contribution >= 0.6 is 0 Å². The van der Waals surface area contributed by atoms with Crippen LogP contribution in [0.1, 0.15) is 11.6 Å². The number of piperazine rings is 1. The van der Waals surface area contributed by atoms with E-state index < -0.39 is 0 Å². The van der Waals surface area contributed by atoms with Gasteiger partial charge in [0, 0.05) is 26.7 Å². The van der Waals surface area contributed by atoms with Crippen LogP contribution in [0.5, 0.6) is 0 Å². The Balaban J connectivity index is 1.63. The van der Waals surface area contributed by atoms with Crippen LogP contribution in [0.4, 0.5) is 0 Å². The molecule has 1 fully saturated rings. The highest BCUT2D eigenvalue weighted by molar-refractivity contribution is 5.82. The zero-order valence-corrected chi connectivity index (χ0v) is 13.6. The van der Waals surface area contributed by atoms with Crippen molar-refractivity contribution in [2.24, 2.45) is 7.05 Å². The molecule has 3 aromatic rings. The molecular weight excluding hydrogens is 300 g/mol. The second kappa shape index (κ2) is 6.09. The van der Waals surface area contributed by atoms with E-state index in [1.807, 2.05) is 22.8 Å². The van der Waals surface area contributed by atoms with Gasteiger partial charge in [0.2, 0.25) is 6.41 Å². The quantitative estimate of drug-likeness (QED) is 0.754. The fourth-order valence-electron chi connectivity index (χ4n) is 3.37. The summed E-state index contributed by atoms with van der Waals surface area (Å²) in [5.41, 5.74) is 5.61. The topological polar surface area (TPSA) is 50.2 Å². The van der Waals surface area contributed by atoms with Crippen LogP contribution in [-0.4, -0.2) is 40.5 Å². The Kier molecular flexibility index (Phi) is 3.78. The molecule has 0 radical (unpaired) electrons. The largest absolute Gasteiger partial charge is 0.336 e. The van der Waals surface area contributed by atoms with Gasteiger partial charge in [-0.1, -0.05) is 30.3 Å². The molecule has 1 atom stereocenters. The molecule has 4 rings (SSSR count). The van der Waals surface area contributed by atoms with Crippen LogP contribution < -0.4 is 5.32 Å². The van der Waals surface area contributed by atoms with E-state index in [9.17, 15) is 4.79 Å². The lowest BCUT2D eigenvalue weighted by Crippen LogP contribution is -2.45. The highest BCUT2D eigenvalue weighted by Crippen LogP contribution is 2.27. The van der Waals surface area contributed by atoms with E-state index in [0.29, 0.717) is 0 Å². The van der Waals surface area contributed by atoms with Crippen LogP contribution in [0.25, 0.3) is 22.2 Å². The number of aromatic nitrogens is 2. The maximum absolute atomic E-state index is 11.2. The second-order valence-electron chi connectivity index (χ2n) is 6.24. The summed E-state index contributed by atoms with van der Waals surface area (Å²) in [4.78, 5) is 17.5. The average Bonchev–Trinajstić information content (AvgIpc) is 3.02. The third-order valence-corrected chi connectivity index (χ3v) is 4.77. The number of carbonyl (C=O) groups is 1. The lowest BCUT2D eigenvalue weighted by atomic mass is 9.99. The van der Waals surface area contributed by atoms with Crippen molar-refractivity contribution in [1.82, 2.24) is 19.8 Å². The van der Waals surface area contributed by atoms with Crippen molar-refractivity contribution < 1.29 is 4.79 Å². The van der Waals surface area contributed by atoms with Crippen molar-refractivity contribution in [2.75, 3.05) is 19.6 Å². The average molecular weight is 320 g/mol. The molecule has 5 heteroatoms. The molecule has 1 saturated heterocycles. The standard InChI is InChI=1S/C19H20N4O/c1-22-12-21-17-10-16(6-7-18(17)22)14-2-4-15(5-3-14)19-11-20-8-9-23(19)13-24/h2-7,10,12-13,19-20H,8-9,11H2,1H3. The molecular formula is C19H20N4O. The van der Waals surface area contributed by atoms with Crippen molar-refractivity contribution in [1.29, 1.82) is 0 Å². The van der Waals surface area contributed by atoms with Gasteiger partial charge in [-0.05, 0) is 28.8 Å². The third kappa shape index (κ3) is 2.57. The number of fused-ring (bicyclic) bond motifs is 1. The van der Waals surface area contributed by atoms with Crippen molar-refractivity contribution in [3.05, 3.63) is 54.4 Å². The Morgan fingerprint density at radius 2 is 1.96 bits per heavy atom. The number of nitrogens with zero attached hydrogens (tertiary/aromatic N) is 3. The molecule has 0 spiro atoms. The van der Waals surface area contributed by atoms with E-state index in [-0.39, 0.29) is 6.04 Å². The predicted molar refractivity (Wildman–Crippen MR) is 94.5 cm³/mol. The van der Waals surface area contributed by atoms with Crippen LogP contribution in [-0.2, 0) is 11.8 Å². The van der Waals surface area contributed by atoms with Gasteiger partial charge < -0.3 is 14.8 Å². The lowest BCUT2D eigenvalue weighted by Gasteiger charge is -2.33. The summed E-state index contributed by atoms with van der Waals surface area (Å²) >= 11 is 0. The summed E-state index contributed by atoms with van der Waals surface area (Å²) in [5.74, 6) is 0.